The van der Waals surface area contributed by atoms with E-state index in [0.29, 0.717) is 31.6 Å². The van der Waals surface area contributed by atoms with Crippen LogP contribution >= 0.6 is 0 Å². The second-order valence-corrected chi connectivity index (χ2v) is 14.1. The monoisotopic (exact) mass is 612 g/mol. The third-order valence-corrected chi connectivity index (χ3v) is 11.7. The smallest absolute Gasteiger partial charge is 0.205 e. The van der Waals surface area contributed by atoms with Gasteiger partial charge in [0.2, 0.25) is 5.78 Å². The Morgan fingerprint density at radius 3 is 2.51 bits per heavy atom. The molecule has 2 aromatic rings. The van der Waals surface area contributed by atoms with Crippen LogP contribution in [0.3, 0.4) is 0 Å². The van der Waals surface area contributed by atoms with E-state index in [-0.39, 0.29) is 41.3 Å². The van der Waals surface area contributed by atoms with Crippen molar-refractivity contribution in [1.29, 1.82) is 0 Å². The fourth-order valence-electron chi connectivity index (χ4n) is 9.63. The van der Waals surface area contributed by atoms with Crippen LogP contribution < -0.4 is 9.47 Å². The maximum Gasteiger partial charge on any atom is 0.205 e. The molecule has 4 aliphatic carbocycles. The number of ketones is 2. The van der Waals surface area contributed by atoms with Gasteiger partial charge in [0.05, 0.1) is 12.2 Å². The van der Waals surface area contributed by atoms with E-state index in [2.05, 4.69) is 20.8 Å². The van der Waals surface area contributed by atoms with E-state index >= 15 is 0 Å². The summed E-state index contributed by atoms with van der Waals surface area (Å²) < 4.78 is 25.3. The van der Waals surface area contributed by atoms with Crippen LogP contribution in [0.5, 0.6) is 11.5 Å². The third-order valence-electron chi connectivity index (χ3n) is 11.7. The minimum absolute atomic E-state index is 0.0223. The average Bonchev–Trinajstić information content (AvgIpc) is 3.52. The molecule has 9 atom stereocenters. The van der Waals surface area contributed by atoms with Crippen molar-refractivity contribution in [3.05, 3.63) is 84.0 Å². The Morgan fingerprint density at radius 2 is 1.78 bits per heavy atom. The second kappa shape index (κ2) is 11.5. The molecule has 1 aliphatic heterocycles. The highest BCUT2D eigenvalue weighted by atomic mass is 16.7. The maximum atomic E-state index is 14.5. The standard InChI is InChI=1S/C38H44O7/c1-4-8-34-44-33-20-30-29-16-11-25-19-26(39)17-18-36(25,2)35(29)31(40)21-37(30,3)38(33,45-34)32(41)23-43-28-14-12-27(13-15-28)42-22-24-9-6-5-7-10-24/h5-7,9-10,12-15,17-19,29-31,33-35,40H,4,8,11,16,20-23H2,1-3H3/t29?,30?,31?,33-,34?,35?,36?,37?,38-/m1/s1. The van der Waals surface area contributed by atoms with Crippen LogP contribution in [0.1, 0.15) is 64.9 Å². The van der Waals surface area contributed by atoms with Gasteiger partial charge < -0.3 is 24.1 Å². The Morgan fingerprint density at radius 1 is 1.04 bits per heavy atom. The molecule has 0 aromatic heterocycles. The normalized spacial score (nSPS) is 38.0. The molecule has 5 aliphatic rings. The second-order valence-electron chi connectivity index (χ2n) is 14.1. The first kappa shape index (κ1) is 30.4. The van der Waals surface area contributed by atoms with Crippen molar-refractivity contribution >= 4 is 11.6 Å². The van der Waals surface area contributed by atoms with Crippen LogP contribution in [0, 0.1) is 28.6 Å². The summed E-state index contributed by atoms with van der Waals surface area (Å²) in [6.45, 7) is 6.71. The van der Waals surface area contributed by atoms with E-state index in [0.717, 1.165) is 36.1 Å². The molecule has 2 aromatic carbocycles. The molecule has 7 rings (SSSR count). The topological polar surface area (TPSA) is 91.3 Å². The zero-order valence-corrected chi connectivity index (χ0v) is 26.4. The maximum absolute atomic E-state index is 14.5. The summed E-state index contributed by atoms with van der Waals surface area (Å²) in [6, 6.07) is 17.3. The van der Waals surface area contributed by atoms with Gasteiger partial charge in [-0.2, -0.15) is 0 Å². The Hall–Kier alpha value is -3.26. The van der Waals surface area contributed by atoms with Gasteiger partial charge in [-0.3, -0.25) is 9.59 Å². The Balaban J connectivity index is 1.11. The van der Waals surface area contributed by atoms with Crippen LogP contribution in [-0.4, -0.2) is 47.4 Å². The number of Topliss-reactive ketones (excluding diaryl/α,β-unsaturated/α-hetero) is 1. The number of carbonyl (C=O) groups is 2. The van der Waals surface area contributed by atoms with Gasteiger partial charge in [-0.05, 0) is 85.9 Å². The molecule has 238 valence electrons. The first-order chi connectivity index (χ1) is 21.7. The van der Waals surface area contributed by atoms with Crippen molar-refractivity contribution < 1.29 is 33.6 Å². The molecule has 45 heavy (non-hydrogen) atoms. The molecular weight excluding hydrogens is 568 g/mol. The highest BCUT2D eigenvalue weighted by Crippen LogP contribution is 2.69. The van der Waals surface area contributed by atoms with E-state index in [9.17, 15) is 14.7 Å². The molecule has 0 bridgehead atoms. The number of aliphatic hydroxyl groups is 1. The summed E-state index contributed by atoms with van der Waals surface area (Å²) >= 11 is 0. The first-order valence-electron chi connectivity index (χ1n) is 16.6. The molecule has 0 radical (unpaired) electrons. The number of ether oxygens (including phenoxy) is 4. The fourth-order valence-corrected chi connectivity index (χ4v) is 9.63. The molecule has 7 nitrogen and oxygen atoms in total. The van der Waals surface area contributed by atoms with Crippen molar-refractivity contribution in [2.45, 2.75) is 90.0 Å². The summed E-state index contributed by atoms with van der Waals surface area (Å²) in [4.78, 5) is 26.7. The number of allylic oxidation sites excluding steroid dienone is 4. The number of benzene rings is 2. The molecule has 3 saturated carbocycles. The number of hydrogen-bond acceptors (Lipinski definition) is 7. The van der Waals surface area contributed by atoms with Gasteiger partial charge in [-0.15, -0.1) is 0 Å². The van der Waals surface area contributed by atoms with E-state index in [1.807, 2.05) is 60.7 Å². The molecule has 4 fully saturated rings. The highest BCUT2D eigenvalue weighted by Gasteiger charge is 2.75. The van der Waals surface area contributed by atoms with Gasteiger partial charge in [0.1, 0.15) is 24.7 Å². The summed E-state index contributed by atoms with van der Waals surface area (Å²) in [7, 11) is 0. The first-order valence-corrected chi connectivity index (χ1v) is 16.6. The van der Waals surface area contributed by atoms with Gasteiger partial charge in [-0.1, -0.05) is 69.2 Å². The third kappa shape index (κ3) is 4.90. The summed E-state index contributed by atoms with van der Waals surface area (Å²) in [5.41, 5.74) is 0.00584. The summed E-state index contributed by atoms with van der Waals surface area (Å²) in [5, 5.41) is 11.9. The molecule has 7 heteroatoms. The Bertz CT molecular complexity index is 1500. The average molecular weight is 613 g/mol. The predicted molar refractivity (Wildman–Crippen MR) is 168 cm³/mol. The van der Waals surface area contributed by atoms with E-state index in [1.54, 1.807) is 12.2 Å². The predicted octanol–water partition coefficient (Wildman–Crippen LogP) is 6.38. The molecule has 1 heterocycles. The van der Waals surface area contributed by atoms with Gasteiger partial charge in [0.25, 0.3) is 0 Å². The van der Waals surface area contributed by atoms with Crippen LogP contribution in [0.25, 0.3) is 0 Å². The molecule has 1 saturated heterocycles. The number of hydrogen-bond donors (Lipinski definition) is 1. The van der Waals surface area contributed by atoms with Crippen molar-refractivity contribution in [3.63, 3.8) is 0 Å². The van der Waals surface area contributed by atoms with Crippen molar-refractivity contribution in [2.75, 3.05) is 6.61 Å². The van der Waals surface area contributed by atoms with Gasteiger partial charge in [0.15, 0.2) is 17.7 Å². The van der Waals surface area contributed by atoms with E-state index in [4.69, 9.17) is 18.9 Å². The van der Waals surface area contributed by atoms with Gasteiger partial charge in [0, 0.05) is 16.7 Å². The lowest BCUT2D eigenvalue weighted by Gasteiger charge is -2.59. The molecule has 7 unspecified atom stereocenters. The highest BCUT2D eigenvalue weighted by molar-refractivity contribution is 6.01. The quantitative estimate of drug-likeness (QED) is 0.351. The zero-order valence-electron chi connectivity index (χ0n) is 26.4. The van der Waals surface area contributed by atoms with Crippen molar-refractivity contribution in [1.82, 2.24) is 0 Å². The van der Waals surface area contributed by atoms with Gasteiger partial charge >= 0.3 is 0 Å². The molecular formula is C38H44O7. The zero-order chi connectivity index (χ0) is 31.4. The number of carbonyl (C=O) groups excluding carboxylic acids is 2. The van der Waals surface area contributed by atoms with E-state index in [1.165, 1.54) is 0 Å². The molecule has 1 N–H and O–H groups in total. The van der Waals surface area contributed by atoms with Crippen LogP contribution in [0.4, 0.5) is 0 Å². The van der Waals surface area contributed by atoms with E-state index < -0.39 is 29.5 Å². The Labute approximate surface area is 265 Å². The minimum atomic E-state index is -1.20. The lowest BCUT2D eigenvalue weighted by Crippen LogP contribution is -2.63. The molecule has 0 spiro atoms. The van der Waals surface area contributed by atoms with Crippen molar-refractivity contribution in [3.8, 4) is 11.5 Å². The van der Waals surface area contributed by atoms with Crippen LogP contribution in [0.15, 0.2) is 78.4 Å². The Kier molecular flexibility index (Phi) is 7.78. The fraction of sp³-hybridized carbons (Fsp3) is 0.526. The lowest BCUT2D eigenvalue weighted by atomic mass is 9.46. The number of rotatable bonds is 9. The minimum Gasteiger partial charge on any atom is -0.489 e. The summed E-state index contributed by atoms with van der Waals surface area (Å²) in [5.74, 6) is 1.47. The summed E-state index contributed by atoms with van der Waals surface area (Å²) in [6.07, 6.45) is 8.35. The SMILES string of the molecule is CCCC1O[C@@H]2CC3C4CCC5=CC(=O)C=CC5(C)C4C(O)CC3(C)[C@]2(C(=O)COc2ccc(OCc3ccccc3)cc2)O1. The van der Waals surface area contributed by atoms with Crippen LogP contribution in [0.2, 0.25) is 0 Å². The van der Waals surface area contributed by atoms with Gasteiger partial charge in [-0.25, -0.2) is 0 Å². The number of aliphatic hydroxyl groups excluding tert-OH is 1. The number of fused-ring (bicyclic) bond motifs is 7. The largest absolute Gasteiger partial charge is 0.489 e. The lowest BCUT2D eigenvalue weighted by molar-refractivity contribution is -0.200. The molecule has 0 amide bonds. The van der Waals surface area contributed by atoms with Crippen LogP contribution in [-0.2, 0) is 25.7 Å². The van der Waals surface area contributed by atoms with Crippen molar-refractivity contribution in [2.24, 2.45) is 28.6 Å².